The number of rotatable bonds is 6. The Morgan fingerprint density at radius 1 is 0.900 bits per heavy atom. The summed E-state index contributed by atoms with van der Waals surface area (Å²) in [5, 5.41) is 6.09. The normalized spacial score (nSPS) is 33.5. The van der Waals surface area contributed by atoms with E-state index >= 15 is 0 Å². The summed E-state index contributed by atoms with van der Waals surface area (Å²) < 4.78 is 51.1. The van der Waals surface area contributed by atoms with Crippen LogP contribution in [0.25, 0.3) is 0 Å². The number of ether oxygens (including phenoxy) is 3. The van der Waals surface area contributed by atoms with E-state index in [-0.39, 0.29) is 42.5 Å². The number of fused-ring (bicyclic) bond motifs is 3. The molecule has 172 valence electrons. The number of carbonyl (C=O) groups excluding carboxylic acids is 2. The molecule has 0 unspecified atom stereocenters. The van der Waals surface area contributed by atoms with Crippen molar-refractivity contribution in [2.24, 2.45) is 0 Å². The predicted octanol–water partition coefficient (Wildman–Crippen LogP) is 3.56. The minimum atomic E-state index is -4.64. The van der Waals surface area contributed by atoms with Crippen LogP contribution >= 0.6 is 0 Å². The average molecular weight is 436 g/mol. The second-order valence-corrected chi connectivity index (χ2v) is 9.83. The molecule has 2 amide bonds. The number of amides is 2. The van der Waals surface area contributed by atoms with Gasteiger partial charge in [0, 0.05) is 23.9 Å². The van der Waals surface area contributed by atoms with Crippen molar-refractivity contribution < 1.29 is 37.0 Å². The van der Waals surface area contributed by atoms with Crippen molar-refractivity contribution in [1.82, 2.24) is 10.6 Å². The molecule has 4 fully saturated rings. The van der Waals surface area contributed by atoms with E-state index in [0.29, 0.717) is 0 Å². The highest BCUT2D eigenvalue weighted by Gasteiger charge is 2.50. The van der Waals surface area contributed by atoms with Gasteiger partial charge in [-0.15, -0.1) is 13.2 Å². The van der Waals surface area contributed by atoms with E-state index in [0.717, 1.165) is 38.5 Å². The van der Waals surface area contributed by atoms with E-state index in [1.807, 2.05) is 20.8 Å². The standard InChI is InChI=1S/C20H31F3N2O5/c1-17(2,3)30-16(27)25-19-7-4-18(5-8-19,6-9-19)24-15(26)12-28-13-10-14(11-13)29-20(21,22)23/h13-14H,4-12H2,1-3H3,(H,24,26)(H,25,27). The van der Waals surface area contributed by atoms with E-state index in [2.05, 4.69) is 15.4 Å². The van der Waals surface area contributed by atoms with Crippen LogP contribution in [0.2, 0.25) is 0 Å². The molecule has 2 bridgehead atoms. The molecule has 2 N–H and O–H groups in total. The maximum atomic E-state index is 12.3. The van der Waals surface area contributed by atoms with Crippen molar-refractivity contribution in [2.45, 2.75) is 107 Å². The first-order valence-corrected chi connectivity index (χ1v) is 10.5. The van der Waals surface area contributed by atoms with Crippen LogP contribution in [0.3, 0.4) is 0 Å². The number of hydrogen-bond acceptors (Lipinski definition) is 5. The summed E-state index contributed by atoms with van der Waals surface area (Å²) in [6.07, 6.45) is -1.54. The molecule has 4 aliphatic carbocycles. The highest BCUT2D eigenvalue weighted by atomic mass is 19.4. The summed E-state index contributed by atoms with van der Waals surface area (Å²) in [5.41, 5.74) is -1.15. The summed E-state index contributed by atoms with van der Waals surface area (Å²) in [4.78, 5) is 24.5. The van der Waals surface area contributed by atoms with Crippen LogP contribution in [0.4, 0.5) is 18.0 Å². The summed E-state index contributed by atoms with van der Waals surface area (Å²) in [6, 6.07) is 0. The fourth-order valence-electron chi connectivity index (χ4n) is 4.54. The van der Waals surface area contributed by atoms with Crippen molar-refractivity contribution in [3.05, 3.63) is 0 Å². The third-order valence-corrected chi connectivity index (χ3v) is 6.22. The van der Waals surface area contributed by atoms with Gasteiger partial charge in [-0.2, -0.15) is 0 Å². The first-order chi connectivity index (χ1) is 13.8. The van der Waals surface area contributed by atoms with Crippen molar-refractivity contribution >= 4 is 12.0 Å². The lowest BCUT2D eigenvalue weighted by atomic mass is 9.61. The molecule has 0 heterocycles. The summed E-state index contributed by atoms with van der Waals surface area (Å²) in [7, 11) is 0. The summed E-state index contributed by atoms with van der Waals surface area (Å²) in [6.45, 7) is 5.29. The molecule has 0 aromatic heterocycles. The number of carbonyl (C=O) groups is 2. The minimum Gasteiger partial charge on any atom is -0.444 e. The quantitative estimate of drug-likeness (QED) is 0.665. The zero-order chi connectivity index (χ0) is 22.2. The van der Waals surface area contributed by atoms with Crippen molar-refractivity contribution in [3.8, 4) is 0 Å². The molecule has 7 nitrogen and oxygen atoms in total. The van der Waals surface area contributed by atoms with Crippen molar-refractivity contribution in [3.63, 3.8) is 0 Å². The molecule has 4 rings (SSSR count). The third kappa shape index (κ3) is 6.23. The van der Waals surface area contributed by atoms with Crippen LogP contribution in [0.5, 0.6) is 0 Å². The molecule has 30 heavy (non-hydrogen) atoms. The molecule has 0 aromatic carbocycles. The molecule has 0 radical (unpaired) electrons. The zero-order valence-electron chi connectivity index (χ0n) is 17.7. The molecule has 4 saturated carbocycles. The smallest absolute Gasteiger partial charge is 0.444 e. The first-order valence-electron chi connectivity index (χ1n) is 10.5. The minimum absolute atomic E-state index is 0.136. The van der Waals surface area contributed by atoms with Gasteiger partial charge < -0.3 is 20.1 Å². The van der Waals surface area contributed by atoms with E-state index in [1.165, 1.54) is 0 Å². The van der Waals surface area contributed by atoms with E-state index in [1.54, 1.807) is 0 Å². The third-order valence-electron chi connectivity index (χ3n) is 6.22. The van der Waals surface area contributed by atoms with E-state index < -0.39 is 24.2 Å². The van der Waals surface area contributed by atoms with Crippen LogP contribution in [-0.2, 0) is 19.0 Å². The van der Waals surface area contributed by atoms with Crippen LogP contribution < -0.4 is 10.6 Å². The second-order valence-electron chi connectivity index (χ2n) is 9.83. The molecular weight excluding hydrogens is 405 g/mol. The molecule has 4 aliphatic rings. The fraction of sp³-hybridized carbons (Fsp3) is 0.900. The lowest BCUT2D eigenvalue weighted by Crippen LogP contribution is -2.64. The Kier molecular flexibility index (Phi) is 6.30. The Hall–Kier alpha value is -1.55. The Morgan fingerprint density at radius 3 is 1.87 bits per heavy atom. The van der Waals surface area contributed by atoms with Gasteiger partial charge in [0.1, 0.15) is 12.2 Å². The Morgan fingerprint density at radius 2 is 1.40 bits per heavy atom. The highest BCUT2D eigenvalue weighted by molar-refractivity contribution is 5.78. The number of hydrogen-bond donors (Lipinski definition) is 2. The van der Waals surface area contributed by atoms with Gasteiger partial charge in [0.2, 0.25) is 5.91 Å². The van der Waals surface area contributed by atoms with Crippen LogP contribution in [0, 0.1) is 0 Å². The zero-order valence-corrected chi connectivity index (χ0v) is 17.7. The fourth-order valence-corrected chi connectivity index (χ4v) is 4.54. The van der Waals surface area contributed by atoms with Gasteiger partial charge >= 0.3 is 12.5 Å². The average Bonchev–Trinajstić information content (AvgIpc) is 2.55. The SMILES string of the molecule is CC(C)(C)OC(=O)NC12CCC(NC(=O)COC3CC(OC(F)(F)F)C3)(CC1)CC2. The molecule has 0 aliphatic heterocycles. The van der Waals surface area contributed by atoms with Gasteiger partial charge in [0.15, 0.2) is 0 Å². The van der Waals surface area contributed by atoms with Crippen molar-refractivity contribution in [2.75, 3.05) is 6.61 Å². The topological polar surface area (TPSA) is 85.9 Å². The summed E-state index contributed by atoms with van der Waals surface area (Å²) >= 11 is 0. The summed E-state index contributed by atoms with van der Waals surface area (Å²) in [5.74, 6) is -0.260. The molecular formula is C20H31F3N2O5. The Balaban J connectivity index is 1.38. The number of alkyl halides is 3. The van der Waals surface area contributed by atoms with Gasteiger partial charge in [-0.25, -0.2) is 4.79 Å². The number of nitrogens with one attached hydrogen (secondary N) is 2. The Labute approximate surface area is 174 Å². The van der Waals surface area contributed by atoms with Crippen LogP contribution in [-0.4, -0.2) is 53.9 Å². The van der Waals surface area contributed by atoms with Gasteiger partial charge in [-0.3, -0.25) is 9.53 Å². The van der Waals surface area contributed by atoms with Crippen LogP contribution in [0.1, 0.15) is 72.1 Å². The molecule has 0 atom stereocenters. The van der Waals surface area contributed by atoms with Gasteiger partial charge in [0.05, 0.1) is 12.2 Å². The second kappa shape index (κ2) is 8.18. The number of alkyl carbamates (subject to hydrolysis) is 1. The van der Waals surface area contributed by atoms with Gasteiger partial charge in [0.25, 0.3) is 0 Å². The number of halogens is 3. The maximum Gasteiger partial charge on any atom is 0.522 e. The Bertz CT molecular complexity index is 631. The molecule has 0 aromatic rings. The van der Waals surface area contributed by atoms with Crippen molar-refractivity contribution in [1.29, 1.82) is 0 Å². The van der Waals surface area contributed by atoms with E-state index in [9.17, 15) is 22.8 Å². The molecule has 10 heteroatoms. The van der Waals surface area contributed by atoms with E-state index in [4.69, 9.17) is 9.47 Å². The maximum absolute atomic E-state index is 12.3. The molecule has 0 saturated heterocycles. The lowest BCUT2D eigenvalue weighted by molar-refractivity contribution is -0.357. The predicted molar refractivity (Wildman–Crippen MR) is 101 cm³/mol. The van der Waals surface area contributed by atoms with Crippen LogP contribution in [0.15, 0.2) is 0 Å². The largest absolute Gasteiger partial charge is 0.522 e. The molecule has 0 spiro atoms. The van der Waals surface area contributed by atoms with Gasteiger partial charge in [-0.05, 0) is 59.3 Å². The highest BCUT2D eigenvalue weighted by Crippen LogP contribution is 2.47. The monoisotopic (exact) mass is 436 g/mol. The first kappa shape index (κ1) is 23.1. The van der Waals surface area contributed by atoms with Gasteiger partial charge in [-0.1, -0.05) is 0 Å². The lowest BCUT2D eigenvalue weighted by Gasteiger charge is -2.53.